The van der Waals surface area contributed by atoms with Crippen LogP contribution in [0.15, 0.2) is 77.7 Å². The van der Waals surface area contributed by atoms with Gasteiger partial charge in [0.25, 0.3) is 11.5 Å². The van der Waals surface area contributed by atoms with Gasteiger partial charge in [0.05, 0.1) is 25.5 Å². The lowest BCUT2D eigenvalue weighted by Crippen LogP contribution is -2.25. The summed E-state index contributed by atoms with van der Waals surface area (Å²) in [6.45, 7) is 0.276. The van der Waals surface area contributed by atoms with E-state index in [2.05, 4.69) is 15.5 Å². The Morgan fingerprint density at radius 2 is 1.73 bits per heavy atom. The van der Waals surface area contributed by atoms with Crippen LogP contribution >= 0.6 is 0 Å². The molecule has 2 N–H and O–H groups in total. The van der Waals surface area contributed by atoms with Gasteiger partial charge in [-0.25, -0.2) is 4.39 Å². The maximum Gasteiger partial charge on any atom is 0.272 e. The second kappa shape index (κ2) is 12.8. The number of carbonyl (C=O) groups excluding carboxylic acids is 1. The molecule has 0 aliphatic rings. The van der Waals surface area contributed by atoms with E-state index in [1.54, 1.807) is 23.9 Å². The van der Waals surface area contributed by atoms with Crippen molar-refractivity contribution in [3.63, 3.8) is 0 Å². The van der Waals surface area contributed by atoms with Gasteiger partial charge in [-0.15, -0.1) is 0 Å². The predicted molar refractivity (Wildman–Crippen MR) is 137 cm³/mol. The van der Waals surface area contributed by atoms with Crippen molar-refractivity contribution in [2.45, 2.75) is 32.7 Å². The Hall–Kier alpha value is -4.08. The first-order chi connectivity index (χ1) is 18.1. The molecule has 0 unspecified atom stereocenters. The van der Waals surface area contributed by atoms with Gasteiger partial charge in [-0.2, -0.15) is 5.10 Å². The van der Waals surface area contributed by atoms with Crippen LogP contribution in [-0.2, 0) is 42.2 Å². The summed E-state index contributed by atoms with van der Waals surface area (Å²) in [5.74, 6) is -0.324. The minimum absolute atomic E-state index is 0.0533. The molecular formula is C28H29FN4O4. The van der Waals surface area contributed by atoms with Crippen molar-refractivity contribution in [2.75, 3.05) is 14.0 Å². The van der Waals surface area contributed by atoms with E-state index in [0.717, 1.165) is 33.5 Å². The summed E-state index contributed by atoms with van der Waals surface area (Å²) in [4.78, 5) is 25.1. The maximum absolute atomic E-state index is 13.1. The lowest BCUT2D eigenvalue weighted by molar-refractivity contribution is 0.0458. The van der Waals surface area contributed by atoms with Crippen LogP contribution in [0.1, 0.15) is 44.0 Å². The molecule has 2 aromatic carbocycles. The van der Waals surface area contributed by atoms with Crippen LogP contribution in [0.5, 0.6) is 0 Å². The van der Waals surface area contributed by atoms with E-state index in [1.807, 2.05) is 54.6 Å². The highest BCUT2D eigenvalue weighted by Gasteiger charge is 2.20. The molecule has 0 aliphatic heterocycles. The second-order valence-corrected chi connectivity index (χ2v) is 8.53. The maximum atomic E-state index is 13.1. The molecule has 0 atom stereocenters. The molecule has 0 bridgehead atoms. The topological polar surface area (TPSA) is 98.2 Å². The van der Waals surface area contributed by atoms with Gasteiger partial charge in [0.2, 0.25) is 0 Å². The fraction of sp³-hybridized carbons (Fsp3) is 0.250. The number of halogens is 1. The molecular weight excluding hydrogens is 475 g/mol. The molecule has 0 saturated heterocycles. The first kappa shape index (κ1) is 26.0. The first-order valence-corrected chi connectivity index (χ1v) is 11.9. The third-order valence-corrected chi connectivity index (χ3v) is 6.00. The van der Waals surface area contributed by atoms with Crippen LogP contribution in [0.25, 0.3) is 0 Å². The third-order valence-electron chi connectivity index (χ3n) is 6.00. The summed E-state index contributed by atoms with van der Waals surface area (Å²) in [6, 6.07) is 20.4. The molecule has 8 nitrogen and oxygen atoms in total. The second-order valence-electron chi connectivity index (χ2n) is 8.53. The van der Waals surface area contributed by atoms with Crippen molar-refractivity contribution in [1.82, 2.24) is 20.1 Å². The predicted octanol–water partition coefficient (Wildman–Crippen LogP) is 3.73. The van der Waals surface area contributed by atoms with Crippen molar-refractivity contribution in [3.05, 3.63) is 122 Å². The fourth-order valence-electron chi connectivity index (χ4n) is 4.08. The number of pyridine rings is 1. The number of ether oxygens (including phenoxy) is 2. The molecule has 0 spiro atoms. The van der Waals surface area contributed by atoms with Gasteiger partial charge in [-0.3, -0.25) is 14.7 Å². The lowest BCUT2D eigenvalue weighted by atomic mass is 10.0. The van der Waals surface area contributed by atoms with Gasteiger partial charge in [-0.1, -0.05) is 54.6 Å². The van der Waals surface area contributed by atoms with E-state index in [9.17, 15) is 14.0 Å². The van der Waals surface area contributed by atoms with Crippen LogP contribution in [0.3, 0.4) is 0 Å². The number of hydrogen-bond acceptors (Lipinski definition) is 5. The molecule has 0 radical (unpaired) electrons. The SMILES string of the molecule is COCc1[nH]nc(C(=O)NCc2ccccc2COCF)c1Cc1ccc(Cn2ccccc2=O)cc1. The van der Waals surface area contributed by atoms with Crippen molar-refractivity contribution < 1.29 is 18.7 Å². The monoisotopic (exact) mass is 504 g/mol. The molecule has 0 fully saturated rings. The molecule has 9 heteroatoms. The zero-order valence-electron chi connectivity index (χ0n) is 20.6. The summed E-state index contributed by atoms with van der Waals surface area (Å²) < 4.78 is 24.3. The number of aromatic amines is 1. The molecule has 0 aliphatic carbocycles. The number of alkyl halides is 1. The smallest absolute Gasteiger partial charge is 0.272 e. The minimum Gasteiger partial charge on any atom is -0.378 e. The Balaban J connectivity index is 1.48. The number of benzene rings is 2. The van der Waals surface area contributed by atoms with E-state index >= 15 is 0 Å². The van der Waals surface area contributed by atoms with E-state index in [4.69, 9.17) is 9.47 Å². The highest BCUT2D eigenvalue weighted by molar-refractivity contribution is 5.94. The van der Waals surface area contributed by atoms with Gasteiger partial charge in [-0.05, 0) is 28.3 Å². The standard InChI is InChI=1S/C28H29FN4O4/c1-36-18-25-24(14-20-9-11-21(12-10-20)16-33-13-5-4-8-26(33)34)27(32-31-25)28(35)30-15-22-6-2-3-7-23(22)17-37-19-29/h2-13H,14-19H2,1H3,(H,30,35)(H,31,32). The summed E-state index contributed by atoms with van der Waals surface area (Å²) in [5, 5.41) is 10.1. The van der Waals surface area contributed by atoms with Crippen molar-refractivity contribution in [1.29, 1.82) is 0 Å². The number of nitrogens with zero attached hydrogens (tertiary/aromatic N) is 2. The number of H-pyrrole nitrogens is 1. The molecule has 1 amide bonds. The molecule has 0 saturated carbocycles. The van der Waals surface area contributed by atoms with E-state index in [1.165, 1.54) is 6.07 Å². The van der Waals surface area contributed by atoms with Crippen LogP contribution in [-0.4, -0.2) is 34.6 Å². The number of carbonyl (C=O) groups is 1. The summed E-state index contributed by atoms with van der Waals surface area (Å²) in [5.41, 5.74) is 5.35. The zero-order chi connectivity index (χ0) is 26.0. The van der Waals surface area contributed by atoms with Crippen LogP contribution in [0.2, 0.25) is 0 Å². The van der Waals surface area contributed by atoms with E-state index < -0.39 is 6.86 Å². The van der Waals surface area contributed by atoms with Gasteiger partial charge in [0, 0.05) is 37.9 Å². The number of methoxy groups -OCH3 is 1. The van der Waals surface area contributed by atoms with E-state index in [0.29, 0.717) is 18.7 Å². The van der Waals surface area contributed by atoms with Crippen molar-refractivity contribution in [3.8, 4) is 0 Å². The number of nitrogens with one attached hydrogen (secondary N) is 2. The quantitative estimate of drug-likeness (QED) is 0.306. The van der Waals surface area contributed by atoms with Crippen LogP contribution < -0.4 is 10.9 Å². The van der Waals surface area contributed by atoms with Crippen LogP contribution in [0, 0.1) is 0 Å². The van der Waals surface area contributed by atoms with Crippen molar-refractivity contribution >= 4 is 5.91 Å². The lowest BCUT2D eigenvalue weighted by Gasteiger charge is -2.11. The molecule has 37 heavy (non-hydrogen) atoms. The van der Waals surface area contributed by atoms with Gasteiger partial charge >= 0.3 is 0 Å². The number of rotatable bonds is 12. The Kier molecular flexibility index (Phi) is 8.96. The Morgan fingerprint density at radius 3 is 2.46 bits per heavy atom. The Morgan fingerprint density at radius 1 is 1.00 bits per heavy atom. The van der Waals surface area contributed by atoms with Gasteiger partial charge in [0.1, 0.15) is 0 Å². The molecule has 2 aromatic heterocycles. The average molecular weight is 505 g/mol. The van der Waals surface area contributed by atoms with Crippen molar-refractivity contribution in [2.24, 2.45) is 0 Å². The highest BCUT2D eigenvalue weighted by Crippen LogP contribution is 2.19. The summed E-state index contributed by atoms with van der Waals surface area (Å²) in [7, 11) is 1.58. The van der Waals surface area contributed by atoms with Gasteiger partial charge in [0.15, 0.2) is 12.6 Å². The Bertz CT molecular complexity index is 1380. The Labute approximate surface area is 214 Å². The summed E-state index contributed by atoms with van der Waals surface area (Å²) >= 11 is 0. The number of aromatic nitrogens is 3. The first-order valence-electron chi connectivity index (χ1n) is 11.9. The molecule has 4 rings (SSSR count). The fourth-order valence-corrected chi connectivity index (χ4v) is 4.08. The highest BCUT2D eigenvalue weighted by atomic mass is 19.1. The number of amides is 1. The molecule has 2 heterocycles. The molecule has 4 aromatic rings. The largest absolute Gasteiger partial charge is 0.378 e. The third kappa shape index (κ3) is 6.78. The number of hydrogen-bond donors (Lipinski definition) is 2. The van der Waals surface area contributed by atoms with Gasteiger partial charge < -0.3 is 19.4 Å². The zero-order valence-corrected chi connectivity index (χ0v) is 20.6. The molecule has 192 valence electrons. The average Bonchev–Trinajstić information content (AvgIpc) is 3.31. The normalized spacial score (nSPS) is 11.0. The summed E-state index contributed by atoms with van der Waals surface area (Å²) in [6.07, 6.45) is 2.24. The van der Waals surface area contributed by atoms with E-state index in [-0.39, 0.29) is 31.2 Å². The minimum atomic E-state index is -0.870. The van der Waals surface area contributed by atoms with Crippen LogP contribution in [0.4, 0.5) is 4.39 Å².